The fourth-order valence-electron chi connectivity index (χ4n) is 1.19. The van der Waals surface area contributed by atoms with Gasteiger partial charge >= 0.3 is 0 Å². The Morgan fingerprint density at radius 1 is 0.941 bits per heavy atom. The van der Waals surface area contributed by atoms with Gasteiger partial charge in [-0.05, 0) is 19.9 Å². The number of aliphatic hydroxyl groups is 1. The van der Waals surface area contributed by atoms with Gasteiger partial charge in [0.05, 0.1) is 33.0 Å². The number of nitrogens with one attached hydrogen (secondary N) is 1. The maximum atomic E-state index is 9.44. The maximum absolute atomic E-state index is 9.44. The molecule has 17 heavy (non-hydrogen) atoms. The molecule has 0 saturated carbocycles. The molecule has 0 aliphatic rings. The molecule has 104 valence electrons. The van der Waals surface area contributed by atoms with E-state index < -0.39 is 6.23 Å². The first-order valence-electron chi connectivity index (χ1n) is 6.45. The van der Waals surface area contributed by atoms with Crippen LogP contribution in [0.2, 0.25) is 0 Å². The zero-order valence-electron chi connectivity index (χ0n) is 11.1. The molecule has 5 nitrogen and oxygen atoms in total. The molecule has 0 radical (unpaired) electrons. The Balaban J connectivity index is 3.02. The third-order valence-corrected chi connectivity index (χ3v) is 2.11. The van der Waals surface area contributed by atoms with Crippen molar-refractivity contribution in [3.05, 3.63) is 0 Å². The van der Waals surface area contributed by atoms with Crippen LogP contribution >= 0.6 is 0 Å². The molecule has 1 unspecified atom stereocenters. The van der Waals surface area contributed by atoms with E-state index in [1.54, 1.807) is 0 Å². The third-order valence-electron chi connectivity index (χ3n) is 2.11. The second-order valence-corrected chi connectivity index (χ2v) is 3.68. The molecular formula is C12H27NO4. The molecule has 0 aliphatic carbocycles. The summed E-state index contributed by atoms with van der Waals surface area (Å²) in [6.07, 6.45) is 1.17. The fourth-order valence-corrected chi connectivity index (χ4v) is 1.19. The number of rotatable bonds is 13. The molecule has 2 N–H and O–H groups in total. The molecule has 0 amide bonds. The van der Waals surface area contributed by atoms with E-state index >= 15 is 0 Å². The Morgan fingerprint density at radius 3 is 2.12 bits per heavy atom. The molecule has 0 aliphatic heterocycles. The summed E-state index contributed by atoms with van der Waals surface area (Å²) in [5.41, 5.74) is 0. The summed E-state index contributed by atoms with van der Waals surface area (Å²) in [5.74, 6) is 0. The minimum Gasteiger partial charge on any atom is -0.379 e. The number of hydrogen-bond donors (Lipinski definition) is 2. The number of aliphatic hydroxyl groups excluding tert-OH is 1. The van der Waals surface area contributed by atoms with Gasteiger partial charge in [0.15, 0.2) is 0 Å². The van der Waals surface area contributed by atoms with E-state index in [4.69, 9.17) is 14.2 Å². The molecule has 1 atom stereocenters. The van der Waals surface area contributed by atoms with Crippen LogP contribution in [0.5, 0.6) is 0 Å². The van der Waals surface area contributed by atoms with Crippen molar-refractivity contribution in [1.82, 2.24) is 5.32 Å². The Kier molecular flexibility index (Phi) is 13.7. The molecule has 0 fully saturated rings. The summed E-state index contributed by atoms with van der Waals surface area (Å²) in [5, 5.41) is 12.4. The zero-order valence-corrected chi connectivity index (χ0v) is 11.1. The zero-order chi connectivity index (χ0) is 12.8. The van der Waals surface area contributed by atoms with Crippen LogP contribution in [-0.4, -0.2) is 57.5 Å². The lowest BCUT2D eigenvalue weighted by molar-refractivity contribution is 0.00720. The summed E-state index contributed by atoms with van der Waals surface area (Å²) in [6, 6.07) is 0. The molecule has 0 aromatic rings. The molecule has 0 aromatic heterocycles. The Bertz CT molecular complexity index is 146. The van der Waals surface area contributed by atoms with Crippen LogP contribution < -0.4 is 5.32 Å². The lowest BCUT2D eigenvalue weighted by Crippen LogP contribution is -2.30. The second-order valence-electron chi connectivity index (χ2n) is 3.68. The highest BCUT2D eigenvalue weighted by Gasteiger charge is 2.01. The second kappa shape index (κ2) is 13.9. The van der Waals surface area contributed by atoms with Crippen LogP contribution in [-0.2, 0) is 14.2 Å². The van der Waals surface area contributed by atoms with Gasteiger partial charge in [0.2, 0.25) is 0 Å². The van der Waals surface area contributed by atoms with Gasteiger partial charge < -0.3 is 19.3 Å². The van der Waals surface area contributed by atoms with Crippen molar-refractivity contribution in [3.63, 3.8) is 0 Å². The Labute approximate surface area is 104 Å². The SMILES string of the molecule is CCCNC(O)CCOCCOCCOCC. The average molecular weight is 249 g/mol. The van der Waals surface area contributed by atoms with Gasteiger partial charge in [-0.1, -0.05) is 6.92 Å². The van der Waals surface area contributed by atoms with Crippen molar-refractivity contribution in [1.29, 1.82) is 0 Å². The van der Waals surface area contributed by atoms with Crippen LogP contribution in [0.15, 0.2) is 0 Å². The van der Waals surface area contributed by atoms with Crippen molar-refractivity contribution in [2.24, 2.45) is 0 Å². The average Bonchev–Trinajstić information content (AvgIpc) is 2.34. The molecule has 0 rings (SSSR count). The normalized spacial score (nSPS) is 12.9. The van der Waals surface area contributed by atoms with Gasteiger partial charge in [-0.25, -0.2) is 0 Å². The number of ether oxygens (including phenoxy) is 3. The van der Waals surface area contributed by atoms with Crippen LogP contribution in [0.25, 0.3) is 0 Å². The predicted octanol–water partition coefficient (Wildman–Crippen LogP) is 0.764. The first-order chi connectivity index (χ1) is 8.31. The highest BCUT2D eigenvalue weighted by molar-refractivity contribution is 4.51. The molecule has 0 spiro atoms. The van der Waals surface area contributed by atoms with E-state index in [2.05, 4.69) is 12.2 Å². The summed E-state index contributed by atoms with van der Waals surface area (Å²) < 4.78 is 15.7. The van der Waals surface area contributed by atoms with Gasteiger partial charge in [-0.3, -0.25) is 5.32 Å². The van der Waals surface area contributed by atoms with Gasteiger partial charge in [0.1, 0.15) is 6.23 Å². The smallest absolute Gasteiger partial charge is 0.107 e. The van der Waals surface area contributed by atoms with Gasteiger partial charge in [0.25, 0.3) is 0 Å². The molecule has 0 heterocycles. The fraction of sp³-hybridized carbons (Fsp3) is 1.00. The van der Waals surface area contributed by atoms with E-state index in [1.807, 2.05) is 6.92 Å². The summed E-state index contributed by atoms with van der Waals surface area (Å²) in [6.45, 7) is 8.51. The van der Waals surface area contributed by atoms with Gasteiger partial charge in [-0.2, -0.15) is 0 Å². The molecule has 5 heteroatoms. The lowest BCUT2D eigenvalue weighted by atomic mass is 10.4. The first-order valence-corrected chi connectivity index (χ1v) is 6.45. The van der Waals surface area contributed by atoms with Crippen molar-refractivity contribution in [2.75, 3.05) is 46.2 Å². The molecule has 0 bridgehead atoms. The van der Waals surface area contributed by atoms with Crippen molar-refractivity contribution >= 4 is 0 Å². The lowest BCUT2D eigenvalue weighted by Gasteiger charge is -2.12. The molecule has 0 saturated heterocycles. The minimum absolute atomic E-state index is 0.464. The largest absolute Gasteiger partial charge is 0.379 e. The molecular weight excluding hydrogens is 222 g/mol. The van der Waals surface area contributed by atoms with Crippen molar-refractivity contribution < 1.29 is 19.3 Å². The Morgan fingerprint density at radius 2 is 1.53 bits per heavy atom. The van der Waals surface area contributed by atoms with Crippen LogP contribution in [0.3, 0.4) is 0 Å². The van der Waals surface area contributed by atoms with E-state index in [-0.39, 0.29) is 0 Å². The van der Waals surface area contributed by atoms with E-state index in [9.17, 15) is 5.11 Å². The highest BCUT2D eigenvalue weighted by Crippen LogP contribution is 1.89. The van der Waals surface area contributed by atoms with Crippen molar-refractivity contribution in [3.8, 4) is 0 Å². The topological polar surface area (TPSA) is 60.0 Å². The van der Waals surface area contributed by atoms with Crippen LogP contribution in [0.1, 0.15) is 26.7 Å². The standard InChI is InChI=1S/C12H27NO4/c1-3-6-13-12(14)5-7-16-10-11-17-9-8-15-4-2/h12-14H,3-11H2,1-2H3. The van der Waals surface area contributed by atoms with E-state index in [1.165, 1.54) is 0 Å². The summed E-state index contributed by atoms with van der Waals surface area (Å²) >= 11 is 0. The maximum Gasteiger partial charge on any atom is 0.107 e. The van der Waals surface area contributed by atoms with Gasteiger partial charge in [-0.15, -0.1) is 0 Å². The van der Waals surface area contributed by atoms with Gasteiger partial charge in [0, 0.05) is 13.0 Å². The highest BCUT2D eigenvalue weighted by atomic mass is 16.5. The summed E-state index contributed by atoms with van der Waals surface area (Å²) in [7, 11) is 0. The minimum atomic E-state index is -0.464. The third kappa shape index (κ3) is 13.7. The quantitative estimate of drug-likeness (QED) is 0.373. The number of hydrogen-bond acceptors (Lipinski definition) is 5. The van der Waals surface area contributed by atoms with Crippen LogP contribution in [0.4, 0.5) is 0 Å². The monoisotopic (exact) mass is 249 g/mol. The van der Waals surface area contributed by atoms with E-state index in [0.717, 1.165) is 19.6 Å². The van der Waals surface area contributed by atoms with Crippen LogP contribution in [0, 0.1) is 0 Å². The first kappa shape index (κ1) is 16.8. The van der Waals surface area contributed by atoms with Crippen molar-refractivity contribution in [2.45, 2.75) is 32.9 Å². The Hall–Kier alpha value is -0.200. The van der Waals surface area contributed by atoms with E-state index in [0.29, 0.717) is 39.5 Å². The predicted molar refractivity (Wildman–Crippen MR) is 67.0 cm³/mol. The molecule has 0 aromatic carbocycles. The summed E-state index contributed by atoms with van der Waals surface area (Å²) in [4.78, 5) is 0.